The molecular formula is C11H15NO4. The molecule has 1 aromatic rings. The molecule has 5 heteroatoms. The molecule has 0 unspecified atom stereocenters. The maximum Gasteiger partial charge on any atom is 0.128 e. The summed E-state index contributed by atoms with van der Waals surface area (Å²) in [5.41, 5.74) is 0.756. The largest absolute Gasteiger partial charge is 0.507 e. The van der Waals surface area contributed by atoms with Gasteiger partial charge < -0.3 is 20.2 Å². The van der Waals surface area contributed by atoms with Crippen molar-refractivity contribution in [2.24, 2.45) is 5.16 Å². The first-order valence-electron chi connectivity index (χ1n) is 4.87. The van der Waals surface area contributed by atoms with Crippen molar-refractivity contribution in [2.75, 3.05) is 6.61 Å². The fourth-order valence-corrected chi connectivity index (χ4v) is 1.18. The molecular weight excluding hydrogens is 210 g/mol. The van der Waals surface area contributed by atoms with E-state index in [-0.39, 0.29) is 12.4 Å². The van der Waals surface area contributed by atoms with Crippen LogP contribution in [-0.2, 0) is 0 Å². The third-order valence-electron chi connectivity index (χ3n) is 2.00. The summed E-state index contributed by atoms with van der Waals surface area (Å²) in [6.45, 7) is 3.34. The molecule has 0 saturated heterocycles. The molecule has 88 valence electrons. The van der Waals surface area contributed by atoms with Crippen LogP contribution >= 0.6 is 0 Å². The molecule has 0 aliphatic heterocycles. The lowest BCUT2D eigenvalue weighted by Crippen LogP contribution is -2.12. The Labute approximate surface area is 93.6 Å². The van der Waals surface area contributed by atoms with Gasteiger partial charge in [0.25, 0.3) is 0 Å². The van der Waals surface area contributed by atoms with Gasteiger partial charge in [0.05, 0.1) is 11.8 Å². The molecule has 0 aromatic heterocycles. The van der Waals surface area contributed by atoms with Gasteiger partial charge in [-0.1, -0.05) is 5.16 Å². The van der Waals surface area contributed by atoms with Crippen LogP contribution in [0.15, 0.2) is 23.4 Å². The molecule has 0 spiro atoms. The molecule has 0 bridgehead atoms. The van der Waals surface area contributed by atoms with Crippen molar-refractivity contribution in [3.63, 3.8) is 0 Å². The molecule has 1 aromatic carbocycles. The highest BCUT2D eigenvalue weighted by atomic mass is 16.5. The van der Waals surface area contributed by atoms with Crippen LogP contribution in [0, 0.1) is 0 Å². The number of aliphatic hydroxyl groups is 1. The number of ether oxygens (including phenoxy) is 1. The Kier molecular flexibility index (Phi) is 4.13. The van der Waals surface area contributed by atoms with E-state index < -0.39 is 6.10 Å². The molecule has 0 fully saturated rings. The van der Waals surface area contributed by atoms with E-state index in [9.17, 15) is 5.11 Å². The fraction of sp³-hybridized carbons (Fsp3) is 0.364. The standard InChI is InChI=1S/C11H15NO4/c1-7(13)6-16-9-3-4-10(8(2)12-15)11(14)5-9/h3-5,7,13-15H,6H2,1-2H3/b12-8-/t7-/m1/s1. The number of benzene rings is 1. The van der Waals surface area contributed by atoms with Crippen molar-refractivity contribution < 1.29 is 20.2 Å². The van der Waals surface area contributed by atoms with Crippen molar-refractivity contribution in [2.45, 2.75) is 20.0 Å². The Bertz CT molecular complexity index is 388. The Morgan fingerprint density at radius 1 is 1.50 bits per heavy atom. The minimum absolute atomic E-state index is 0.0293. The Hall–Kier alpha value is -1.75. The van der Waals surface area contributed by atoms with E-state index in [2.05, 4.69) is 5.16 Å². The summed E-state index contributed by atoms with van der Waals surface area (Å²) in [7, 11) is 0. The van der Waals surface area contributed by atoms with Gasteiger partial charge in [-0.2, -0.15) is 0 Å². The zero-order valence-corrected chi connectivity index (χ0v) is 9.21. The number of hydrogen-bond acceptors (Lipinski definition) is 5. The Morgan fingerprint density at radius 2 is 2.19 bits per heavy atom. The van der Waals surface area contributed by atoms with E-state index in [0.29, 0.717) is 17.0 Å². The lowest BCUT2D eigenvalue weighted by atomic mass is 10.1. The smallest absolute Gasteiger partial charge is 0.128 e. The summed E-state index contributed by atoms with van der Waals surface area (Å²) in [5, 5.41) is 30.2. The molecule has 0 aliphatic carbocycles. The lowest BCUT2D eigenvalue weighted by molar-refractivity contribution is 0.122. The Balaban J connectivity index is 2.83. The second kappa shape index (κ2) is 5.37. The zero-order valence-electron chi connectivity index (χ0n) is 9.21. The second-order valence-corrected chi connectivity index (χ2v) is 3.52. The van der Waals surface area contributed by atoms with Crippen molar-refractivity contribution in [3.05, 3.63) is 23.8 Å². The number of phenols is 1. The van der Waals surface area contributed by atoms with Crippen molar-refractivity contribution in [3.8, 4) is 11.5 Å². The highest BCUT2D eigenvalue weighted by Crippen LogP contribution is 2.24. The van der Waals surface area contributed by atoms with Crippen molar-refractivity contribution in [1.29, 1.82) is 0 Å². The number of rotatable bonds is 4. The SMILES string of the molecule is C/C(=N/O)c1ccc(OC[C@@H](C)O)cc1O. The molecule has 0 saturated carbocycles. The molecule has 0 radical (unpaired) electrons. The molecule has 1 atom stereocenters. The van der Waals surface area contributed by atoms with Crippen LogP contribution in [0.25, 0.3) is 0 Å². The van der Waals surface area contributed by atoms with Crippen LogP contribution in [0.2, 0.25) is 0 Å². The van der Waals surface area contributed by atoms with E-state index in [0.717, 1.165) is 0 Å². The average Bonchev–Trinajstić information content (AvgIpc) is 2.25. The van der Waals surface area contributed by atoms with Crippen LogP contribution in [0.3, 0.4) is 0 Å². The molecule has 1 rings (SSSR count). The summed E-state index contributed by atoms with van der Waals surface area (Å²) in [6, 6.07) is 4.63. The summed E-state index contributed by atoms with van der Waals surface area (Å²) in [5.74, 6) is 0.422. The van der Waals surface area contributed by atoms with Gasteiger partial charge in [0.15, 0.2) is 0 Å². The highest BCUT2D eigenvalue weighted by Gasteiger charge is 2.07. The van der Waals surface area contributed by atoms with Gasteiger partial charge in [-0.15, -0.1) is 0 Å². The van der Waals surface area contributed by atoms with E-state index in [1.54, 1.807) is 26.0 Å². The van der Waals surface area contributed by atoms with Crippen LogP contribution in [0.4, 0.5) is 0 Å². The van der Waals surface area contributed by atoms with Gasteiger partial charge in [-0.05, 0) is 26.0 Å². The van der Waals surface area contributed by atoms with Crippen LogP contribution < -0.4 is 4.74 Å². The topological polar surface area (TPSA) is 82.3 Å². The maximum absolute atomic E-state index is 9.62. The molecule has 3 N–H and O–H groups in total. The normalized spacial score (nSPS) is 13.6. The number of nitrogens with zero attached hydrogens (tertiary/aromatic N) is 1. The number of hydrogen-bond donors (Lipinski definition) is 3. The number of oxime groups is 1. The third-order valence-corrected chi connectivity index (χ3v) is 2.00. The van der Waals surface area contributed by atoms with Crippen molar-refractivity contribution in [1.82, 2.24) is 0 Å². The van der Waals surface area contributed by atoms with Crippen LogP contribution in [0.5, 0.6) is 11.5 Å². The molecule has 0 aliphatic rings. The minimum atomic E-state index is -0.567. The molecule has 0 heterocycles. The lowest BCUT2D eigenvalue weighted by Gasteiger charge is -2.09. The summed E-state index contributed by atoms with van der Waals surface area (Å²) < 4.78 is 5.20. The van der Waals surface area contributed by atoms with E-state index in [1.807, 2.05) is 0 Å². The van der Waals surface area contributed by atoms with Gasteiger partial charge in [0.2, 0.25) is 0 Å². The first-order chi connectivity index (χ1) is 7.54. The van der Waals surface area contributed by atoms with Gasteiger partial charge in [-0.3, -0.25) is 0 Å². The second-order valence-electron chi connectivity index (χ2n) is 3.52. The number of aliphatic hydroxyl groups excluding tert-OH is 1. The van der Waals surface area contributed by atoms with Gasteiger partial charge in [0, 0.05) is 11.6 Å². The number of aromatic hydroxyl groups is 1. The highest BCUT2D eigenvalue weighted by molar-refractivity contribution is 6.00. The predicted octanol–water partition coefficient (Wildman–Crippen LogP) is 1.35. The fourth-order valence-electron chi connectivity index (χ4n) is 1.18. The first-order valence-corrected chi connectivity index (χ1v) is 4.87. The molecule has 16 heavy (non-hydrogen) atoms. The van der Waals surface area contributed by atoms with E-state index >= 15 is 0 Å². The first kappa shape index (κ1) is 12.3. The molecule has 5 nitrogen and oxygen atoms in total. The van der Waals surface area contributed by atoms with Gasteiger partial charge >= 0.3 is 0 Å². The summed E-state index contributed by atoms with van der Waals surface area (Å²) in [6.07, 6.45) is -0.567. The Morgan fingerprint density at radius 3 is 2.69 bits per heavy atom. The summed E-state index contributed by atoms with van der Waals surface area (Å²) in [4.78, 5) is 0. The minimum Gasteiger partial charge on any atom is -0.507 e. The molecule has 0 amide bonds. The van der Waals surface area contributed by atoms with E-state index in [4.69, 9.17) is 15.1 Å². The van der Waals surface area contributed by atoms with Crippen molar-refractivity contribution >= 4 is 5.71 Å². The zero-order chi connectivity index (χ0) is 12.1. The third kappa shape index (κ3) is 3.13. The van der Waals surface area contributed by atoms with Gasteiger partial charge in [-0.25, -0.2) is 0 Å². The van der Waals surface area contributed by atoms with Crippen LogP contribution in [-0.4, -0.2) is 33.8 Å². The monoisotopic (exact) mass is 225 g/mol. The average molecular weight is 225 g/mol. The maximum atomic E-state index is 9.62. The summed E-state index contributed by atoms with van der Waals surface area (Å²) >= 11 is 0. The van der Waals surface area contributed by atoms with Crippen LogP contribution in [0.1, 0.15) is 19.4 Å². The quantitative estimate of drug-likeness (QED) is 0.410. The van der Waals surface area contributed by atoms with E-state index in [1.165, 1.54) is 6.07 Å². The number of phenolic OH excluding ortho intramolecular Hbond substituents is 1. The van der Waals surface area contributed by atoms with Gasteiger partial charge in [0.1, 0.15) is 18.1 Å². The predicted molar refractivity (Wildman–Crippen MR) is 59.3 cm³/mol.